The summed E-state index contributed by atoms with van der Waals surface area (Å²) in [5.41, 5.74) is 0.694. The fraction of sp³-hybridized carbons (Fsp3) is 0.158. The van der Waals surface area contributed by atoms with Crippen molar-refractivity contribution >= 4 is 29.0 Å². The van der Waals surface area contributed by atoms with Gasteiger partial charge in [-0.3, -0.25) is 9.78 Å². The predicted molar refractivity (Wildman–Crippen MR) is 102 cm³/mol. The van der Waals surface area contributed by atoms with Crippen molar-refractivity contribution in [2.45, 2.75) is 6.10 Å². The maximum absolute atomic E-state index is 13.5. The molecular formula is C19H14ClF2N5O2. The molecule has 10 heteroatoms. The lowest BCUT2D eigenvalue weighted by atomic mass is 10.1. The number of nitrogens with one attached hydrogen (secondary N) is 1. The number of hydrogen-bond donors (Lipinski definition) is 1. The van der Waals surface area contributed by atoms with E-state index in [-0.39, 0.29) is 22.6 Å². The van der Waals surface area contributed by atoms with Gasteiger partial charge in [-0.25, -0.2) is 18.7 Å². The van der Waals surface area contributed by atoms with Gasteiger partial charge in [0.25, 0.3) is 5.91 Å². The first-order valence-electron chi connectivity index (χ1n) is 8.60. The van der Waals surface area contributed by atoms with E-state index < -0.39 is 17.5 Å². The molecule has 1 aliphatic heterocycles. The second-order valence-electron chi connectivity index (χ2n) is 6.27. The number of rotatable bonds is 5. The normalized spacial score (nSPS) is 13.7. The van der Waals surface area contributed by atoms with E-state index in [0.29, 0.717) is 24.6 Å². The second-order valence-corrected chi connectivity index (χ2v) is 6.68. The minimum absolute atomic E-state index is 0.132. The molecule has 0 atom stereocenters. The third-order valence-corrected chi connectivity index (χ3v) is 4.50. The Hall–Kier alpha value is -3.33. The molecule has 3 aromatic rings. The summed E-state index contributed by atoms with van der Waals surface area (Å²) in [5, 5.41) is 2.37. The Morgan fingerprint density at radius 2 is 2.00 bits per heavy atom. The number of halogens is 3. The van der Waals surface area contributed by atoms with E-state index in [0.717, 1.165) is 6.07 Å². The Morgan fingerprint density at radius 3 is 2.72 bits per heavy atom. The fourth-order valence-electron chi connectivity index (χ4n) is 2.83. The van der Waals surface area contributed by atoms with Gasteiger partial charge in [0, 0.05) is 30.7 Å². The third kappa shape index (κ3) is 4.09. The highest BCUT2D eigenvalue weighted by Gasteiger charge is 2.33. The van der Waals surface area contributed by atoms with Crippen LogP contribution in [0.3, 0.4) is 0 Å². The Morgan fingerprint density at radius 1 is 1.21 bits per heavy atom. The molecule has 2 aromatic heterocycles. The monoisotopic (exact) mass is 417 g/mol. The second kappa shape index (κ2) is 7.96. The summed E-state index contributed by atoms with van der Waals surface area (Å²) in [6.07, 6.45) is 5.74. The number of carbonyl (C=O) groups excluding carboxylic acids is 1. The zero-order chi connectivity index (χ0) is 20.4. The molecule has 1 aromatic carbocycles. The summed E-state index contributed by atoms with van der Waals surface area (Å²) in [7, 11) is 0. The lowest BCUT2D eigenvalue weighted by Crippen LogP contribution is -2.54. The predicted octanol–water partition coefficient (Wildman–Crippen LogP) is 3.32. The van der Waals surface area contributed by atoms with Crippen molar-refractivity contribution in [3.8, 4) is 5.75 Å². The lowest BCUT2D eigenvalue weighted by Gasteiger charge is -2.40. The molecule has 1 saturated heterocycles. The Balaban J connectivity index is 1.43. The van der Waals surface area contributed by atoms with E-state index in [1.807, 2.05) is 0 Å². The largest absolute Gasteiger partial charge is 0.487 e. The molecule has 0 radical (unpaired) electrons. The van der Waals surface area contributed by atoms with Crippen LogP contribution in [0.15, 0.2) is 49.1 Å². The van der Waals surface area contributed by atoms with Crippen LogP contribution in [0.1, 0.15) is 10.5 Å². The van der Waals surface area contributed by atoms with Gasteiger partial charge in [-0.15, -0.1) is 0 Å². The van der Waals surface area contributed by atoms with Crippen molar-refractivity contribution in [1.82, 2.24) is 15.0 Å². The molecule has 0 unspecified atom stereocenters. The summed E-state index contributed by atoms with van der Waals surface area (Å²) in [6.45, 7) is 0.783. The van der Waals surface area contributed by atoms with Crippen LogP contribution in [0.2, 0.25) is 5.02 Å². The van der Waals surface area contributed by atoms with Crippen LogP contribution in [0.5, 0.6) is 5.75 Å². The van der Waals surface area contributed by atoms with Gasteiger partial charge >= 0.3 is 0 Å². The minimum Gasteiger partial charge on any atom is -0.487 e. The molecule has 0 saturated carbocycles. The molecule has 148 valence electrons. The fourth-order valence-corrected chi connectivity index (χ4v) is 3.03. The minimum atomic E-state index is -1.11. The van der Waals surface area contributed by atoms with Crippen molar-refractivity contribution in [2.75, 3.05) is 23.3 Å². The number of amides is 1. The molecular weight excluding hydrogens is 404 g/mol. The summed E-state index contributed by atoms with van der Waals surface area (Å²) < 4.78 is 32.4. The molecule has 0 bridgehead atoms. The van der Waals surface area contributed by atoms with Gasteiger partial charge in [-0.2, -0.15) is 0 Å². The first-order chi connectivity index (χ1) is 14.0. The van der Waals surface area contributed by atoms with E-state index >= 15 is 0 Å². The maximum Gasteiger partial charge on any atom is 0.278 e. The Labute approximate surface area is 169 Å². The number of anilines is 2. The van der Waals surface area contributed by atoms with E-state index in [1.54, 1.807) is 23.2 Å². The van der Waals surface area contributed by atoms with Crippen LogP contribution in [0.4, 0.5) is 20.3 Å². The van der Waals surface area contributed by atoms with E-state index in [9.17, 15) is 13.6 Å². The van der Waals surface area contributed by atoms with E-state index in [1.165, 1.54) is 24.7 Å². The Bertz CT molecular complexity index is 1020. The van der Waals surface area contributed by atoms with E-state index in [2.05, 4.69) is 20.3 Å². The highest BCUT2D eigenvalue weighted by atomic mass is 35.5. The summed E-state index contributed by atoms with van der Waals surface area (Å²) in [6, 6.07) is 5.58. The maximum atomic E-state index is 13.5. The van der Waals surface area contributed by atoms with E-state index in [4.69, 9.17) is 16.3 Å². The molecule has 4 rings (SSSR count). The van der Waals surface area contributed by atoms with Gasteiger partial charge in [0.15, 0.2) is 23.1 Å². The van der Waals surface area contributed by atoms with Gasteiger partial charge in [0.1, 0.15) is 11.9 Å². The molecule has 1 aliphatic rings. The zero-order valence-electron chi connectivity index (χ0n) is 14.8. The molecule has 7 nitrogen and oxygen atoms in total. The average molecular weight is 418 g/mol. The topological polar surface area (TPSA) is 80.2 Å². The quantitative estimate of drug-likeness (QED) is 0.641. The van der Waals surface area contributed by atoms with Crippen LogP contribution in [-0.2, 0) is 0 Å². The van der Waals surface area contributed by atoms with Crippen molar-refractivity contribution in [2.24, 2.45) is 0 Å². The highest BCUT2D eigenvalue weighted by Crippen LogP contribution is 2.28. The van der Waals surface area contributed by atoms with Crippen LogP contribution in [0, 0.1) is 11.6 Å². The van der Waals surface area contributed by atoms with Gasteiger partial charge in [0.05, 0.1) is 30.0 Å². The van der Waals surface area contributed by atoms with Crippen LogP contribution in [-0.4, -0.2) is 40.1 Å². The molecule has 0 aliphatic carbocycles. The molecule has 0 spiro atoms. The first-order valence-corrected chi connectivity index (χ1v) is 8.97. The number of nitrogens with zero attached hydrogens (tertiary/aromatic N) is 4. The number of ether oxygens (including phenoxy) is 1. The van der Waals surface area contributed by atoms with Gasteiger partial charge in [0.2, 0.25) is 0 Å². The standard InChI is InChI=1S/C19H14ClF2N5O2/c20-14-6-12(7-15(21)16(14)22)29-13-9-27(10-13)18-17(24-4-5-25-18)19(28)26-11-2-1-3-23-8-11/h1-8,13H,9-10H2,(H,26,28). The van der Waals surface area contributed by atoms with Crippen molar-refractivity contribution < 1.29 is 18.3 Å². The average Bonchev–Trinajstić information content (AvgIpc) is 2.69. The molecule has 3 heterocycles. The molecule has 1 N–H and O–H groups in total. The summed E-state index contributed by atoms with van der Waals surface area (Å²) in [5.74, 6) is -2.08. The number of pyridine rings is 1. The van der Waals surface area contributed by atoms with Gasteiger partial charge in [-0.1, -0.05) is 11.6 Å². The lowest BCUT2D eigenvalue weighted by molar-refractivity contribution is 0.102. The smallest absolute Gasteiger partial charge is 0.278 e. The molecule has 29 heavy (non-hydrogen) atoms. The number of hydrogen-bond acceptors (Lipinski definition) is 6. The zero-order valence-corrected chi connectivity index (χ0v) is 15.6. The van der Waals surface area contributed by atoms with Gasteiger partial charge in [-0.05, 0) is 12.1 Å². The summed E-state index contributed by atoms with van der Waals surface area (Å²) in [4.78, 5) is 26.7. The third-order valence-electron chi connectivity index (χ3n) is 4.22. The highest BCUT2D eigenvalue weighted by molar-refractivity contribution is 6.30. The van der Waals surface area contributed by atoms with Crippen LogP contribution < -0.4 is 15.0 Å². The number of carbonyl (C=O) groups is 1. The van der Waals surface area contributed by atoms with Gasteiger partial charge < -0.3 is 15.0 Å². The number of benzene rings is 1. The SMILES string of the molecule is O=C(Nc1cccnc1)c1nccnc1N1CC(Oc2cc(F)c(F)c(Cl)c2)C1. The number of aromatic nitrogens is 3. The summed E-state index contributed by atoms with van der Waals surface area (Å²) >= 11 is 5.64. The van der Waals surface area contributed by atoms with Crippen molar-refractivity contribution in [3.63, 3.8) is 0 Å². The van der Waals surface area contributed by atoms with Crippen molar-refractivity contribution in [3.05, 3.63) is 71.4 Å². The first kappa shape index (κ1) is 19.0. The van der Waals surface area contributed by atoms with Crippen LogP contribution >= 0.6 is 11.6 Å². The van der Waals surface area contributed by atoms with Crippen molar-refractivity contribution in [1.29, 1.82) is 0 Å². The molecule has 1 fully saturated rings. The molecule has 1 amide bonds. The van der Waals surface area contributed by atoms with Crippen LogP contribution in [0.25, 0.3) is 0 Å². The Kier molecular flexibility index (Phi) is 5.22.